The number of nitrogens with one attached hydrogen (secondary N) is 1. The Balaban J connectivity index is 2.09. The minimum Gasteiger partial charge on any atom is -0.497 e. The molecule has 0 radical (unpaired) electrons. The molecule has 2 rings (SSSR count). The van der Waals surface area contributed by atoms with E-state index in [0.717, 1.165) is 19.3 Å². The highest BCUT2D eigenvalue weighted by Gasteiger charge is 2.41. The monoisotopic (exact) mass is 339 g/mol. The Morgan fingerprint density at radius 2 is 1.91 bits per heavy atom. The standard InChI is InChI=1S/C17H22ClNO4/c1-22-13-7-6-12(14(18)11-13)10-15(20)19-17(16(21)23-2)8-4-3-5-9-17/h6-7,11H,3-5,8-10H2,1-2H3,(H,19,20). The summed E-state index contributed by atoms with van der Waals surface area (Å²) in [7, 11) is 2.91. The summed E-state index contributed by atoms with van der Waals surface area (Å²) < 4.78 is 9.99. The van der Waals surface area contributed by atoms with Crippen LogP contribution in [0.1, 0.15) is 37.7 Å². The summed E-state index contributed by atoms with van der Waals surface area (Å²) >= 11 is 6.17. The fourth-order valence-corrected chi connectivity index (χ4v) is 3.25. The van der Waals surface area contributed by atoms with Crippen LogP contribution in [0.15, 0.2) is 18.2 Å². The summed E-state index contributed by atoms with van der Waals surface area (Å²) in [6.07, 6.45) is 4.21. The SMILES string of the molecule is COC(=O)C1(NC(=O)Cc2ccc(OC)cc2Cl)CCCCC1. The number of methoxy groups -OCH3 is 2. The van der Waals surface area contributed by atoms with E-state index in [1.165, 1.54) is 7.11 Å². The van der Waals surface area contributed by atoms with Crippen molar-refractivity contribution in [1.82, 2.24) is 5.32 Å². The number of carbonyl (C=O) groups is 2. The lowest BCUT2D eigenvalue weighted by molar-refractivity contribution is -0.152. The maximum Gasteiger partial charge on any atom is 0.331 e. The zero-order valence-corrected chi connectivity index (χ0v) is 14.2. The normalized spacial score (nSPS) is 16.5. The zero-order chi connectivity index (χ0) is 16.9. The lowest BCUT2D eigenvalue weighted by atomic mass is 9.81. The van der Waals surface area contributed by atoms with E-state index in [0.29, 0.717) is 29.2 Å². The second-order valence-corrected chi connectivity index (χ2v) is 6.22. The van der Waals surface area contributed by atoms with Crippen molar-refractivity contribution in [3.63, 3.8) is 0 Å². The van der Waals surface area contributed by atoms with Crippen LogP contribution in [0.5, 0.6) is 5.75 Å². The average molecular weight is 340 g/mol. The van der Waals surface area contributed by atoms with Crippen molar-refractivity contribution < 1.29 is 19.1 Å². The fraction of sp³-hybridized carbons (Fsp3) is 0.529. The van der Waals surface area contributed by atoms with Gasteiger partial charge in [-0.2, -0.15) is 0 Å². The molecular weight excluding hydrogens is 318 g/mol. The largest absolute Gasteiger partial charge is 0.497 e. The highest BCUT2D eigenvalue weighted by atomic mass is 35.5. The molecule has 1 aliphatic rings. The molecule has 0 bridgehead atoms. The van der Waals surface area contributed by atoms with E-state index in [2.05, 4.69) is 5.32 Å². The number of esters is 1. The molecule has 126 valence electrons. The summed E-state index contributed by atoms with van der Waals surface area (Å²) in [6.45, 7) is 0. The van der Waals surface area contributed by atoms with Crippen molar-refractivity contribution >= 4 is 23.5 Å². The molecule has 1 aromatic rings. The Hall–Kier alpha value is -1.75. The van der Waals surface area contributed by atoms with Crippen molar-refractivity contribution in [2.24, 2.45) is 0 Å². The molecule has 0 aromatic heterocycles. The van der Waals surface area contributed by atoms with Crippen LogP contribution in [0.3, 0.4) is 0 Å². The number of carbonyl (C=O) groups excluding carboxylic acids is 2. The van der Waals surface area contributed by atoms with Gasteiger partial charge in [-0.3, -0.25) is 4.79 Å². The summed E-state index contributed by atoms with van der Waals surface area (Å²) in [5.41, 5.74) is -0.205. The third-order valence-corrected chi connectivity index (χ3v) is 4.63. The lowest BCUT2D eigenvalue weighted by Crippen LogP contribution is -2.56. The first kappa shape index (κ1) is 17.6. The van der Waals surface area contributed by atoms with Gasteiger partial charge in [0.1, 0.15) is 11.3 Å². The van der Waals surface area contributed by atoms with Crippen molar-refractivity contribution in [2.75, 3.05) is 14.2 Å². The molecule has 1 fully saturated rings. The third kappa shape index (κ3) is 4.16. The van der Waals surface area contributed by atoms with E-state index in [1.807, 2.05) is 0 Å². The van der Waals surface area contributed by atoms with Crippen molar-refractivity contribution in [3.8, 4) is 5.75 Å². The van der Waals surface area contributed by atoms with Crippen molar-refractivity contribution in [3.05, 3.63) is 28.8 Å². The Kier molecular flexibility index (Phi) is 5.88. The van der Waals surface area contributed by atoms with Crippen LogP contribution in [-0.4, -0.2) is 31.6 Å². The van der Waals surface area contributed by atoms with Gasteiger partial charge in [0.2, 0.25) is 5.91 Å². The molecule has 0 atom stereocenters. The molecule has 0 unspecified atom stereocenters. The van der Waals surface area contributed by atoms with Gasteiger partial charge in [0.25, 0.3) is 0 Å². The summed E-state index contributed by atoms with van der Waals surface area (Å²) in [6, 6.07) is 5.18. The van der Waals surface area contributed by atoms with Gasteiger partial charge in [0, 0.05) is 5.02 Å². The highest BCUT2D eigenvalue weighted by molar-refractivity contribution is 6.31. The number of ether oxygens (including phenoxy) is 2. The van der Waals surface area contributed by atoms with Crippen LogP contribution in [0.25, 0.3) is 0 Å². The second-order valence-electron chi connectivity index (χ2n) is 5.82. The van der Waals surface area contributed by atoms with Gasteiger partial charge in [0.05, 0.1) is 20.6 Å². The van der Waals surface area contributed by atoms with Crippen molar-refractivity contribution in [1.29, 1.82) is 0 Å². The van der Waals surface area contributed by atoms with E-state index in [1.54, 1.807) is 25.3 Å². The van der Waals surface area contributed by atoms with Gasteiger partial charge >= 0.3 is 5.97 Å². The van der Waals surface area contributed by atoms with E-state index < -0.39 is 5.54 Å². The van der Waals surface area contributed by atoms with Crippen LogP contribution < -0.4 is 10.1 Å². The second kappa shape index (κ2) is 7.68. The molecule has 1 saturated carbocycles. The number of benzene rings is 1. The zero-order valence-electron chi connectivity index (χ0n) is 13.5. The molecule has 0 saturated heterocycles. The van der Waals surface area contributed by atoms with Crippen molar-refractivity contribution in [2.45, 2.75) is 44.1 Å². The number of hydrogen-bond acceptors (Lipinski definition) is 4. The minimum absolute atomic E-state index is 0.113. The van der Waals surface area contributed by atoms with Gasteiger partial charge in [0.15, 0.2) is 0 Å². The predicted octanol–water partition coefficient (Wildman–Crippen LogP) is 2.88. The maximum atomic E-state index is 12.4. The molecule has 23 heavy (non-hydrogen) atoms. The van der Waals surface area contributed by atoms with Crippen LogP contribution in [0.2, 0.25) is 5.02 Å². The molecule has 1 N–H and O–H groups in total. The first-order chi connectivity index (χ1) is 11.0. The number of rotatable bonds is 5. The smallest absolute Gasteiger partial charge is 0.331 e. The highest BCUT2D eigenvalue weighted by Crippen LogP contribution is 2.30. The predicted molar refractivity (Wildman–Crippen MR) is 87.7 cm³/mol. The Morgan fingerprint density at radius 3 is 2.48 bits per heavy atom. The number of halogens is 1. The average Bonchev–Trinajstić information content (AvgIpc) is 2.56. The molecule has 1 aromatic carbocycles. The van der Waals surface area contributed by atoms with Gasteiger partial charge in [-0.15, -0.1) is 0 Å². The van der Waals surface area contributed by atoms with E-state index in [4.69, 9.17) is 21.1 Å². The van der Waals surface area contributed by atoms with E-state index >= 15 is 0 Å². The molecule has 0 heterocycles. The number of hydrogen-bond donors (Lipinski definition) is 1. The molecule has 1 amide bonds. The van der Waals surface area contributed by atoms with Crippen LogP contribution in [-0.2, 0) is 20.7 Å². The van der Waals surface area contributed by atoms with Gasteiger partial charge in [-0.1, -0.05) is 36.9 Å². The van der Waals surface area contributed by atoms with Crippen LogP contribution in [0.4, 0.5) is 0 Å². The molecule has 0 spiro atoms. The van der Waals surface area contributed by atoms with Gasteiger partial charge in [-0.25, -0.2) is 4.79 Å². The summed E-state index contributed by atoms with van der Waals surface area (Å²) in [5, 5.41) is 3.35. The van der Waals surface area contributed by atoms with Crippen LogP contribution >= 0.6 is 11.6 Å². The first-order valence-corrected chi connectivity index (χ1v) is 8.10. The van der Waals surface area contributed by atoms with Gasteiger partial charge < -0.3 is 14.8 Å². The molecule has 1 aliphatic carbocycles. The van der Waals surface area contributed by atoms with E-state index in [9.17, 15) is 9.59 Å². The lowest BCUT2D eigenvalue weighted by Gasteiger charge is -2.35. The molecular formula is C17H22ClNO4. The Bertz CT molecular complexity index is 582. The summed E-state index contributed by atoms with van der Waals surface area (Å²) in [4.78, 5) is 24.6. The number of amides is 1. The van der Waals surface area contributed by atoms with E-state index in [-0.39, 0.29) is 18.3 Å². The maximum absolute atomic E-state index is 12.4. The minimum atomic E-state index is -0.900. The Morgan fingerprint density at radius 1 is 1.22 bits per heavy atom. The fourth-order valence-electron chi connectivity index (χ4n) is 3.01. The summed E-state index contributed by atoms with van der Waals surface area (Å²) in [5.74, 6) is 0.0354. The molecule has 6 heteroatoms. The van der Waals surface area contributed by atoms with Gasteiger partial charge in [-0.05, 0) is 30.5 Å². The first-order valence-electron chi connectivity index (χ1n) is 7.72. The quantitative estimate of drug-likeness (QED) is 0.838. The molecule has 0 aliphatic heterocycles. The Labute approximate surface area is 141 Å². The molecule has 5 nitrogen and oxygen atoms in total. The third-order valence-electron chi connectivity index (χ3n) is 4.27. The topological polar surface area (TPSA) is 64.6 Å². The van der Waals surface area contributed by atoms with Crippen LogP contribution in [0, 0.1) is 0 Å².